The number of carboxylic acids is 1. The predicted molar refractivity (Wildman–Crippen MR) is 85.6 cm³/mol. The Hall–Kier alpha value is -2.10. The van der Waals surface area contributed by atoms with Crippen molar-refractivity contribution in [2.24, 2.45) is 0 Å². The summed E-state index contributed by atoms with van der Waals surface area (Å²) in [4.78, 5) is 25.0. The highest BCUT2D eigenvalue weighted by Gasteiger charge is 2.10. The van der Waals surface area contributed by atoms with Crippen molar-refractivity contribution in [3.05, 3.63) is 46.2 Å². The van der Waals surface area contributed by atoms with Crippen LogP contribution in [0, 0.1) is 0 Å². The number of hydrogen-bond acceptors (Lipinski definition) is 2. The van der Waals surface area contributed by atoms with E-state index >= 15 is 0 Å². The number of aromatic amines is 1. The van der Waals surface area contributed by atoms with Crippen LogP contribution in [0.3, 0.4) is 0 Å². The van der Waals surface area contributed by atoms with Crippen molar-refractivity contribution in [1.82, 2.24) is 4.98 Å². The van der Waals surface area contributed by atoms with E-state index in [-0.39, 0.29) is 5.56 Å². The van der Waals surface area contributed by atoms with Gasteiger partial charge in [0.25, 0.3) is 0 Å². The molecule has 1 aromatic heterocycles. The second-order valence-corrected chi connectivity index (χ2v) is 2.88. The molecule has 4 nitrogen and oxygen atoms in total. The lowest BCUT2D eigenvalue weighted by Crippen LogP contribution is -2.14. The summed E-state index contributed by atoms with van der Waals surface area (Å²) < 4.78 is 0. The zero-order valence-electron chi connectivity index (χ0n) is 13.2. The van der Waals surface area contributed by atoms with E-state index in [0.29, 0.717) is 10.9 Å². The van der Waals surface area contributed by atoms with Crippen molar-refractivity contribution in [3.8, 4) is 0 Å². The number of pyridine rings is 1. The van der Waals surface area contributed by atoms with Gasteiger partial charge in [-0.05, 0) is 12.1 Å². The van der Waals surface area contributed by atoms with E-state index in [2.05, 4.69) is 4.98 Å². The molecule has 0 atom stereocenters. The summed E-state index contributed by atoms with van der Waals surface area (Å²) in [5.74, 6) is -1.21. The largest absolute Gasteiger partial charge is 0.477 e. The van der Waals surface area contributed by atoms with Crippen molar-refractivity contribution in [2.75, 3.05) is 0 Å². The molecule has 20 heavy (non-hydrogen) atoms. The summed E-state index contributed by atoms with van der Waals surface area (Å²) in [6.07, 6.45) is 1.22. The molecule has 2 aromatic rings. The van der Waals surface area contributed by atoms with Crippen LogP contribution in [0.2, 0.25) is 0 Å². The highest BCUT2D eigenvalue weighted by Crippen LogP contribution is 2.06. The fraction of sp³-hybridized carbons (Fsp3) is 0.375. The molecule has 0 fully saturated rings. The van der Waals surface area contributed by atoms with E-state index in [1.807, 2.05) is 41.5 Å². The number of fused-ring (bicyclic) bond motifs is 1. The van der Waals surface area contributed by atoms with Gasteiger partial charge in [-0.15, -0.1) is 0 Å². The van der Waals surface area contributed by atoms with Gasteiger partial charge in [-0.2, -0.15) is 0 Å². The van der Waals surface area contributed by atoms with E-state index in [0.717, 1.165) is 0 Å². The molecule has 0 spiro atoms. The van der Waals surface area contributed by atoms with Crippen molar-refractivity contribution in [1.29, 1.82) is 0 Å². The van der Waals surface area contributed by atoms with Crippen LogP contribution in [0.1, 0.15) is 51.9 Å². The smallest absolute Gasteiger partial charge is 0.341 e. The average molecular weight is 279 g/mol. The molecule has 1 aromatic carbocycles. The molecular formula is C16H25NO3. The molecule has 0 aliphatic rings. The van der Waals surface area contributed by atoms with E-state index in [1.165, 1.54) is 6.20 Å². The van der Waals surface area contributed by atoms with Crippen LogP contribution in [-0.2, 0) is 0 Å². The van der Waals surface area contributed by atoms with Crippen molar-refractivity contribution >= 4 is 16.9 Å². The fourth-order valence-electron chi connectivity index (χ4n) is 1.33. The Bertz CT molecular complexity index is 559. The SMILES string of the molecule is CC.CC.CC.O=C(O)c1c[nH]c2ccccc2c1=O. The van der Waals surface area contributed by atoms with Crippen LogP contribution in [0.15, 0.2) is 35.3 Å². The number of aromatic carboxylic acids is 1. The van der Waals surface area contributed by atoms with E-state index in [9.17, 15) is 9.59 Å². The quantitative estimate of drug-likeness (QED) is 0.817. The second kappa shape index (κ2) is 12.0. The lowest BCUT2D eigenvalue weighted by atomic mass is 10.1. The first-order valence-electron chi connectivity index (χ1n) is 7.04. The van der Waals surface area contributed by atoms with Crippen LogP contribution < -0.4 is 5.43 Å². The molecule has 0 aliphatic carbocycles. The molecule has 4 heteroatoms. The Balaban J connectivity index is 0. The third-order valence-corrected chi connectivity index (χ3v) is 2.02. The first kappa shape index (κ1) is 20.2. The second-order valence-electron chi connectivity index (χ2n) is 2.88. The van der Waals surface area contributed by atoms with Crippen molar-refractivity contribution < 1.29 is 9.90 Å². The molecule has 2 N–H and O–H groups in total. The zero-order valence-corrected chi connectivity index (χ0v) is 13.2. The van der Waals surface area contributed by atoms with Crippen LogP contribution >= 0.6 is 0 Å². The maximum absolute atomic E-state index is 11.6. The van der Waals surface area contributed by atoms with Gasteiger partial charge in [0.1, 0.15) is 5.56 Å². The molecule has 0 unspecified atom stereocenters. The highest BCUT2D eigenvalue weighted by atomic mass is 16.4. The first-order chi connectivity index (χ1) is 9.70. The molecule has 0 aliphatic heterocycles. The minimum absolute atomic E-state index is 0.233. The van der Waals surface area contributed by atoms with Gasteiger partial charge in [0.15, 0.2) is 0 Å². The number of aromatic nitrogens is 1. The van der Waals surface area contributed by atoms with Crippen LogP contribution in [-0.4, -0.2) is 16.1 Å². The van der Waals surface area contributed by atoms with E-state index < -0.39 is 11.4 Å². The lowest BCUT2D eigenvalue weighted by Gasteiger charge is -1.98. The Morgan fingerprint density at radius 1 is 1.00 bits per heavy atom. The number of rotatable bonds is 1. The number of para-hydroxylation sites is 1. The van der Waals surface area contributed by atoms with Gasteiger partial charge in [0.2, 0.25) is 5.43 Å². The monoisotopic (exact) mass is 279 g/mol. The number of H-pyrrole nitrogens is 1. The van der Waals surface area contributed by atoms with Crippen LogP contribution in [0.4, 0.5) is 0 Å². The van der Waals surface area contributed by atoms with Gasteiger partial charge in [0, 0.05) is 17.1 Å². The summed E-state index contributed by atoms with van der Waals surface area (Å²) in [6.45, 7) is 12.0. The first-order valence-corrected chi connectivity index (χ1v) is 7.04. The molecule has 0 saturated heterocycles. The Morgan fingerprint density at radius 2 is 1.50 bits per heavy atom. The summed E-state index contributed by atoms with van der Waals surface area (Å²) >= 11 is 0. The number of carboxylic acid groups (broad SMARTS) is 1. The standard InChI is InChI=1S/C10H7NO3.3C2H6/c12-9-6-3-1-2-4-8(6)11-5-7(9)10(13)14;3*1-2/h1-5H,(H,11,12)(H,13,14);3*1-2H3. The Labute approximate surface area is 120 Å². The van der Waals surface area contributed by atoms with E-state index in [4.69, 9.17) is 5.11 Å². The van der Waals surface area contributed by atoms with Gasteiger partial charge in [-0.25, -0.2) is 4.79 Å². The van der Waals surface area contributed by atoms with Gasteiger partial charge >= 0.3 is 5.97 Å². The molecule has 0 radical (unpaired) electrons. The third-order valence-electron chi connectivity index (χ3n) is 2.02. The third kappa shape index (κ3) is 5.26. The number of hydrogen-bond donors (Lipinski definition) is 2. The van der Waals surface area contributed by atoms with Gasteiger partial charge < -0.3 is 10.1 Å². The molecule has 0 bridgehead atoms. The maximum atomic E-state index is 11.6. The van der Waals surface area contributed by atoms with Gasteiger partial charge in [-0.3, -0.25) is 4.79 Å². The topological polar surface area (TPSA) is 70.2 Å². The number of nitrogens with one attached hydrogen (secondary N) is 1. The van der Waals surface area contributed by atoms with Gasteiger partial charge in [0.05, 0.1) is 0 Å². The Morgan fingerprint density at radius 3 is 2.00 bits per heavy atom. The summed E-state index contributed by atoms with van der Waals surface area (Å²) in [5, 5.41) is 9.10. The number of carbonyl (C=O) groups is 1. The summed E-state index contributed by atoms with van der Waals surface area (Å²) in [6, 6.07) is 6.80. The van der Waals surface area contributed by atoms with Crippen LogP contribution in [0.25, 0.3) is 10.9 Å². The molecule has 0 amide bonds. The van der Waals surface area contributed by atoms with E-state index in [1.54, 1.807) is 24.3 Å². The minimum atomic E-state index is -1.21. The maximum Gasteiger partial charge on any atom is 0.341 e. The molecule has 0 saturated carbocycles. The van der Waals surface area contributed by atoms with Crippen LogP contribution in [0.5, 0.6) is 0 Å². The molecule has 1 heterocycles. The van der Waals surface area contributed by atoms with Crippen molar-refractivity contribution in [2.45, 2.75) is 41.5 Å². The molecular weight excluding hydrogens is 254 g/mol. The predicted octanol–water partition coefficient (Wildman–Crippen LogP) is 4.30. The summed E-state index contributed by atoms with van der Waals surface area (Å²) in [5.41, 5.74) is -0.0435. The molecule has 112 valence electrons. The lowest BCUT2D eigenvalue weighted by molar-refractivity contribution is 0.0695. The minimum Gasteiger partial charge on any atom is -0.477 e. The van der Waals surface area contributed by atoms with Gasteiger partial charge in [-0.1, -0.05) is 53.7 Å². The summed E-state index contributed by atoms with van der Waals surface area (Å²) in [7, 11) is 0. The Kier molecular flexibility index (Phi) is 12.1. The average Bonchev–Trinajstić information content (AvgIpc) is 2.53. The highest BCUT2D eigenvalue weighted by molar-refractivity contribution is 5.92. The fourth-order valence-corrected chi connectivity index (χ4v) is 1.33. The zero-order chi connectivity index (χ0) is 16.1. The number of benzene rings is 1. The normalized spacial score (nSPS) is 8.10. The molecule has 2 rings (SSSR count). The van der Waals surface area contributed by atoms with Crippen molar-refractivity contribution in [3.63, 3.8) is 0 Å².